The Labute approximate surface area is 113 Å². The highest BCUT2D eigenvalue weighted by Crippen LogP contribution is 2.26. The molecule has 1 heterocycles. The SMILES string of the molecule is CCNC(CN(C)C)c1c(Br)cnn1C(C)C. The number of likely N-dealkylation sites (N-methyl/N-ethyl adjacent to an activating group) is 2. The Morgan fingerprint density at radius 1 is 1.47 bits per heavy atom. The maximum absolute atomic E-state index is 4.44. The van der Waals surface area contributed by atoms with E-state index in [9.17, 15) is 0 Å². The summed E-state index contributed by atoms with van der Waals surface area (Å²) in [7, 11) is 4.18. The molecule has 0 spiro atoms. The van der Waals surface area contributed by atoms with Crippen LogP contribution >= 0.6 is 15.9 Å². The van der Waals surface area contributed by atoms with E-state index in [0.29, 0.717) is 12.1 Å². The molecule has 1 rings (SSSR count). The molecule has 0 radical (unpaired) electrons. The van der Waals surface area contributed by atoms with Gasteiger partial charge in [-0.1, -0.05) is 6.92 Å². The lowest BCUT2D eigenvalue weighted by molar-refractivity contribution is 0.327. The normalized spacial score (nSPS) is 13.6. The average molecular weight is 303 g/mol. The molecule has 0 aliphatic carbocycles. The van der Waals surface area contributed by atoms with E-state index in [-0.39, 0.29) is 0 Å². The first kappa shape index (κ1) is 14.7. The van der Waals surface area contributed by atoms with Crippen molar-refractivity contribution in [2.75, 3.05) is 27.2 Å². The van der Waals surface area contributed by atoms with Gasteiger partial charge in [0, 0.05) is 12.6 Å². The lowest BCUT2D eigenvalue weighted by Gasteiger charge is -2.24. The Morgan fingerprint density at radius 3 is 2.59 bits per heavy atom. The maximum atomic E-state index is 4.44. The Kier molecular flexibility index (Phi) is 5.62. The van der Waals surface area contributed by atoms with Gasteiger partial charge in [0.25, 0.3) is 0 Å². The third-order valence-corrected chi connectivity index (χ3v) is 3.22. The predicted molar refractivity (Wildman–Crippen MR) is 75.3 cm³/mol. The standard InChI is InChI=1S/C12H23BrN4/c1-6-14-11(8-16(4)5)12-10(13)7-15-17(12)9(2)3/h7,9,11,14H,6,8H2,1-5H3. The summed E-state index contributed by atoms with van der Waals surface area (Å²) in [5.41, 5.74) is 1.23. The van der Waals surface area contributed by atoms with Crippen molar-refractivity contribution in [1.29, 1.82) is 0 Å². The Bertz CT molecular complexity index is 346. The summed E-state index contributed by atoms with van der Waals surface area (Å²) >= 11 is 3.60. The number of aromatic nitrogens is 2. The smallest absolute Gasteiger partial charge is 0.0711 e. The summed E-state index contributed by atoms with van der Waals surface area (Å²) in [4.78, 5) is 2.19. The fraction of sp³-hybridized carbons (Fsp3) is 0.750. The molecule has 1 N–H and O–H groups in total. The number of hydrogen-bond acceptors (Lipinski definition) is 3. The van der Waals surface area contributed by atoms with Gasteiger partial charge in [0.2, 0.25) is 0 Å². The highest BCUT2D eigenvalue weighted by Gasteiger charge is 2.21. The zero-order valence-corrected chi connectivity index (χ0v) is 13.0. The molecule has 1 unspecified atom stereocenters. The molecule has 1 aromatic rings. The van der Waals surface area contributed by atoms with Gasteiger partial charge in [-0.2, -0.15) is 5.10 Å². The predicted octanol–water partition coefficient (Wildman–Crippen LogP) is 2.44. The molecule has 17 heavy (non-hydrogen) atoms. The molecule has 0 aromatic carbocycles. The van der Waals surface area contributed by atoms with Crippen LogP contribution in [0, 0.1) is 0 Å². The van der Waals surface area contributed by atoms with Crippen LogP contribution in [0.3, 0.4) is 0 Å². The van der Waals surface area contributed by atoms with Crippen LogP contribution in [0.25, 0.3) is 0 Å². The first-order chi connectivity index (χ1) is 7.97. The van der Waals surface area contributed by atoms with Crippen molar-refractivity contribution < 1.29 is 0 Å². The van der Waals surface area contributed by atoms with Crippen LogP contribution in [0.5, 0.6) is 0 Å². The van der Waals surface area contributed by atoms with Crippen LogP contribution in [0.4, 0.5) is 0 Å². The van der Waals surface area contributed by atoms with Gasteiger partial charge in [-0.3, -0.25) is 4.68 Å². The van der Waals surface area contributed by atoms with Crippen LogP contribution in [0.15, 0.2) is 10.7 Å². The molecule has 1 aromatic heterocycles. The van der Waals surface area contributed by atoms with E-state index in [4.69, 9.17) is 0 Å². The van der Waals surface area contributed by atoms with Gasteiger partial charge in [0.1, 0.15) is 0 Å². The molecule has 0 saturated heterocycles. The first-order valence-electron chi connectivity index (χ1n) is 6.08. The Hall–Kier alpha value is -0.390. The van der Waals surface area contributed by atoms with Crippen molar-refractivity contribution in [2.45, 2.75) is 32.9 Å². The number of halogens is 1. The lowest BCUT2D eigenvalue weighted by Crippen LogP contribution is -2.33. The fourth-order valence-electron chi connectivity index (χ4n) is 1.95. The molecular formula is C12H23BrN4. The molecular weight excluding hydrogens is 280 g/mol. The molecule has 98 valence electrons. The van der Waals surface area contributed by atoms with E-state index >= 15 is 0 Å². The van der Waals surface area contributed by atoms with Gasteiger partial charge in [0.05, 0.1) is 22.4 Å². The van der Waals surface area contributed by atoms with Crippen LogP contribution in [0.1, 0.15) is 38.5 Å². The quantitative estimate of drug-likeness (QED) is 0.876. The van der Waals surface area contributed by atoms with Crippen molar-refractivity contribution >= 4 is 15.9 Å². The third kappa shape index (κ3) is 3.79. The van der Waals surface area contributed by atoms with Gasteiger partial charge in [0.15, 0.2) is 0 Å². The highest BCUT2D eigenvalue weighted by atomic mass is 79.9. The average Bonchev–Trinajstić information content (AvgIpc) is 2.59. The van der Waals surface area contributed by atoms with E-state index in [2.05, 4.69) is 70.8 Å². The molecule has 5 heteroatoms. The minimum atomic E-state index is 0.300. The summed E-state index contributed by atoms with van der Waals surface area (Å²) in [6, 6.07) is 0.675. The monoisotopic (exact) mass is 302 g/mol. The van der Waals surface area contributed by atoms with Gasteiger partial charge in [-0.25, -0.2) is 0 Å². The molecule has 1 atom stereocenters. The van der Waals surface area contributed by atoms with Gasteiger partial charge < -0.3 is 10.2 Å². The minimum Gasteiger partial charge on any atom is -0.308 e. The van der Waals surface area contributed by atoms with Crippen LogP contribution < -0.4 is 5.32 Å². The molecule has 0 bridgehead atoms. The second-order valence-electron chi connectivity index (χ2n) is 4.79. The zero-order chi connectivity index (χ0) is 13.0. The second kappa shape index (κ2) is 6.52. The summed E-state index contributed by atoms with van der Waals surface area (Å²) in [5.74, 6) is 0. The number of nitrogens with one attached hydrogen (secondary N) is 1. The van der Waals surface area contributed by atoms with Crippen LogP contribution in [0.2, 0.25) is 0 Å². The van der Waals surface area contributed by atoms with Crippen molar-refractivity contribution in [3.8, 4) is 0 Å². The summed E-state index contributed by atoms with van der Waals surface area (Å²) < 4.78 is 3.17. The summed E-state index contributed by atoms with van der Waals surface area (Å²) in [6.45, 7) is 8.36. The van der Waals surface area contributed by atoms with Crippen molar-refractivity contribution in [3.05, 3.63) is 16.4 Å². The first-order valence-corrected chi connectivity index (χ1v) is 6.87. The largest absolute Gasteiger partial charge is 0.308 e. The van der Waals surface area contributed by atoms with Crippen molar-refractivity contribution in [2.24, 2.45) is 0 Å². The molecule has 0 saturated carbocycles. The van der Waals surface area contributed by atoms with Gasteiger partial charge >= 0.3 is 0 Å². The van der Waals surface area contributed by atoms with Crippen LogP contribution in [-0.2, 0) is 0 Å². The molecule has 4 nitrogen and oxygen atoms in total. The highest BCUT2D eigenvalue weighted by molar-refractivity contribution is 9.10. The molecule has 0 aliphatic heterocycles. The summed E-state index contributed by atoms with van der Waals surface area (Å²) in [5, 5.41) is 7.96. The number of hydrogen-bond donors (Lipinski definition) is 1. The number of rotatable bonds is 6. The van der Waals surface area contributed by atoms with Crippen molar-refractivity contribution in [3.63, 3.8) is 0 Å². The molecule has 0 aliphatic rings. The third-order valence-electron chi connectivity index (χ3n) is 2.60. The lowest BCUT2D eigenvalue weighted by atomic mass is 10.2. The van der Waals surface area contributed by atoms with Crippen molar-refractivity contribution in [1.82, 2.24) is 20.0 Å². The Morgan fingerprint density at radius 2 is 2.12 bits per heavy atom. The minimum absolute atomic E-state index is 0.300. The van der Waals surface area contributed by atoms with E-state index in [1.165, 1.54) is 5.69 Å². The van der Waals surface area contributed by atoms with Crippen LogP contribution in [-0.4, -0.2) is 41.9 Å². The molecule has 0 fully saturated rings. The van der Waals surface area contributed by atoms with E-state index in [1.54, 1.807) is 0 Å². The van der Waals surface area contributed by atoms with Gasteiger partial charge in [-0.15, -0.1) is 0 Å². The van der Waals surface area contributed by atoms with E-state index in [0.717, 1.165) is 17.6 Å². The zero-order valence-electron chi connectivity index (χ0n) is 11.4. The topological polar surface area (TPSA) is 33.1 Å². The van der Waals surface area contributed by atoms with Gasteiger partial charge in [-0.05, 0) is 50.4 Å². The Balaban J connectivity index is 3.03. The van der Waals surface area contributed by atoms with E-state index < -0.39 is 0 Å². The fourth-order valence-corrected chi connectivity index (χ4v) is 2.50. The second-order valence-corrected chi connectivity index (χ2v) is 5.64. The maximum Gasteiger partial charge on any atom is 0.0711 e. The molecule has 0 amide bonds. The number of nitrogens with zero attached hydrogens (tertiary/aromatic N) is 3. The van der Waals surface area contributed by atoms with E-state index in [1.807, 2.05) is 6.20 Å². The summed E-state index contributed by atoms with van der Waals surface area (Å²) in [6.07, 6.45) is 1.88.